The van der Waals surface area contributed by atoms with Crippen LogP contribution in [0.15, 0.2) is 54.6 Å². The molecular formula is C20H17Cl2NO2. The molecule has 128 valence electrons. The smallest absolute Gasteiger partial charge is 0.303 e. The Bertz CT molecular complexity index is 914. The summed E-state index contributed by atoms with van der Waals surface area (Å²) in [5, 5.41) is 10.3. The molecule has 1 N–H and O–H groups in total. The van der Waals surface area contributed by atoms with Crippen molar-refractivity contribution < 1.29 is 9.90 Å². The highest BCUT2D eigenvalue weighted by molar-refractivity contribution is 6.32. The van der Waals surface area contributed by atoms with Crippen LogP contribution in [0.1, 0.15) is 17.7 Å². The molecule has 2 aromatic carbocycles. The van der Waals surface area contributed by atoms with E-state index < -0.39 is 5.97 Å². The molecule has 0 aliphatic heterocycles. The van der Waals surface area contributed by atoms with E-state index in [-0.39, 0.29) is 6.42 Å². The second-order valence-corrected chi connectivity index (χ2v) is 6.67. The third-order valence-corrected chi connectivity index (χ3v) is 4.77. The number of benzene rings is 2. The van der Waals surface area contributed by atoms with Crippen molar-refractivity contribution in [3.8, 4) is 16.9 Å². The van der Waals surface area contributed by atoms with Crippen LogP contribution >= 0.6 is 23.2 Å². The van der Waals surface area contributed by atoms with Gasteiger partial charge in [0.25, 0.3) is 0 Å². The summed E-state index contributed by atoms with van der Waals surface area (Å²) in [7, 11) is 0. The molecule has 25 heavy (non-hydrogen) atoms. The van der Waals surface area contributed by atoms with E-state index >= 15 is 0 Å². The van der Waals surface area contributed by atoms with E-state index in [0.717, 1.165) is 28.2 Å². The number of hydrogen-bond donors (Lipinski definition) is 1. The molecule has 0 bridgehead atoms. The Labute approximate surface area is 156 Å². The van der Waals surface area contributed by atoms with Gasteiger partial charge in [0.15, 0.2) is 0 Å². The lowest BCUT2D eigenvalue weighted by Gasteiger charge is -2.14. The molecule has 0 spiro atoms. The monoisotopic (exact) mass is 373 g/mol. The van der Waals surface area contributed by atoms with Crippen LogP contribution in [0.25, 0.3) is 16.9 Å². The van der Waals surface area contributed by atoms with E-state index in [2.05, 4.69) is 4.57 Å². The number of aryl methyl sites for hydroxylation is 1. The molecule has 0 atom stereocenters. The van der Waals surface area contributed by atoms with E-state index in [1.807, 2.05) is 61.5 Å². The van der Waals surface area contributed by atoms with Gasteiger partial charge in [0, 0.05) is 17.1 Å². The van der Waals surface area contributed by atoms with Crippen molar-refractivity contribution in [1.29, 1.82) is 0 Å². The number of carboxylic acid groups (broad SMARTS) is 1. The number of nitrogens with zero attached hydrogens (tertiary/aromatic N) is 1. The summed E-state index contributed by atoms with van der Waals surface area (Å²) >= 11 is 12.4. The van der Waals surface area contributed by atoms with Gasteiger partial charge < -0.3 is 9.67 Å². The lowest BCUT2D eigenvalue weighted by atomic mass is 10.1. The van der Waals surface area contributed by atoms with Gasteiger partial charge in [-0.3, -0.25) is 4.79 Å². The first-order valence-corrected chi connectivity index (χ1v) is 8.67. The number of rotatable bonds is 5. The first-order chi connectivity index (χ1) is 12.0. The van der Waals surface area contributed by atoms with Crippen LogP contribution in [0.5, 0.6) is 0 Å². The Kier molecular flexibility index (Phi) is 5.16. The van der Waals surface area contributed by atoms with E-state index in [1.165, 1.54) is 0 Å². The SMILES string of the molecule is Cc1c(CCC(=O)O)cc(-c2ccc(Cl)cc2)n1-c1ccccc1Cl. The van der Waals surface area contributed by atoms with Crippen LogP contribution in [0.4, 0.5) is 0 Å². The number of halogens is 2. The third kappa shape index (κ3) is 3.73. The van der Waals surface area contributed by atoms with Gasteiger partial charge in [0.05, 0.1) is 16.4 Å². The van der Waals surface area contributed by atoms with Crippen molar-refractivity contribution in [2.45, 2.75) is 19.8 Å². The van der Waals surface area contributed by atoms with Crippen molar-refractivity contribution in [2.75, 3.05) is 0 Å². The zero-order chi connectivity index (χ0) is 18.0. The second-order valence-electron chi connectivity index (χ2n) is 5.83. The van der Waals surface area contributed by atoms with E-state index in [1.54, 1.807) is 0 Å². The van der Waals surface area contributed by atoms with Crippen molar-refractivity contribution >= 4 is 29.2 Å². The minimum absolute atomic E-state index is 0.0907. The first-order valence-electron chi connectivity index (χ1n) is 7.91. The van der Waals surface area contributed by atoms with Gasteiger partial charge in [-0.25, -0.2) is 0 Å². The molecule has 3 rings (SSSR count). The summed E-state index contributed by atoms with van der Waals surface area (Å²) in [5.41, 5.74) is 4.80. The fraction of sp³-hybridized carbons (Fsp3) is 0.150. The highest BCUT2D eigenvalue weighted by Gasteiger charge is 2.17. The van der Waals surface area contributed by atoms with Gasteiger partial charge in [-0.1, -0.05) is 47.5 Å². The molecule has 3 nitrogen and oxygen atoms in total. The predicted molar refractivity (Wildman–Crippen MR) is 102 cm³/mol. The molecule has 0 aliphatic carbocycles. The lowest BCUT2D eigenvalue weighted by Crippen LogP contribution is -2.02. The summed E-state index contributed by atoms with van der Waals surface area (Å²) in [6.45, 7) is 1.99. The molecule has 0 unspecified atom stereocenters. The lowest BCUT2D eigenvalue weighted by molar-refractivity contribution is -0.136. The number of carbonyl (C=O) groups is 1. The van der Waals surface area contributed by atoms with Gasteiger partial charge >= 0.3 is 5.97 Å². The summed E-state index contributed by atoms with van der Waals surface area (Å²) in [6.07, 6.45) is 0.562. The summed E-state index contributed by atoms with van der Waals surface area (Å²) in [4.78, 5) is 11.0. The molecule has 0 aliphatic rings. The van der Waals surface area contributed by atoms with Crippen molar-refractivity contribution in [2.24, 2.45) is 0 Å². The average molecular weight is 374 g/mol. The van der Waals surface area contributed by atoms with Crippen molar-refractivity contribution in [3.63, 3.8) is 0 Å². The van der Waals surface area contributed by atoms with Crippen LogP contribution in [-0.4, -0.2) is 15.6 Å². The summed E-state index contributed by atoms with van der Waals surface area (Å²) in [6, 6.07) is 17.2. The van der Waals surface area contributed by atoms with Crippen molar-refractivity contribution in [3.05, 3.63) is 75.9 Å². The maximum absolute atomic E-state index is 11.0. The molecule has 3 aromatic rings. The normalized spacial score (nSPS) is 10.8. The Morgan fingerprint density at radius 3 is 2.40 bits per heavy atom. The quantitative estimate of drug-likeness (QED) is 0.615. The zero-order valence-corrected chi connectivity index (χ0v) is 15.2. The van der Waals surface area contributed by atoms with Gasteiger partial charge in [-0.2, -0.15) is 0 Å². The van der Waals surface area contributed by atoms with Crippen LogP contribution in [0, 0.1) is 6.92 Å². The molecule has 5 heteroatoms. The average Bonchev–Trinajstić information content (AvgIpc) is 2.91. The molecule has 0 saturated carbocycles. The number of para-hydroxylation sites is 1. The first kappa shape index (κ1) is 17.6. The molecule has 0 amide bonds. The number of aliphatic carboxylic acids is 1. The summed E-state index contributed by atoms with van der Waals surface area (Å²) in [5.74, 6) is -0.807. The van der Waals surface area contributed by atoms with Crippen LogP contribution in [-0.2, 0) is 11.2 Å². The third-order valence-electron chi connectivity index (χ3n) is 4.19. The highest BCUT2D eigenvalue weighted by Crippen LogP contribution is 2.33. The van der Waals surface area contributed by atoms with Gasteiger partial charge in [-0.05, 0) is 54.8 Å². The van der Waals surface area contributed by atoms with Gasteiger partial charge in [-0.15, -0.1) is 0 Å². The van der Waals surface area contributed by atoms with Gasteiger partial charge in [0.2, 0.25) is 0 Å². The minimum atomic E-state index is -0.807. The Hall–Kier alpha value is -2.23. The molecule has 0 radical (unpaired) electrons. The van der Waals surface area contributed by atoms with E-state index in [0.29, 0.717) is 16.5 Å². The van der Waals surface area contributed by atoms with Crippen molar-refractivity contribution in [1.82, 2.24) is 4.57 Å². The largest absolute Gasteiger partial charge is 0.481 e. The molecule has 0 fully saturated rings. The number of hydrogen-bond acceptors (Lipinski definition) is 1. The van der Waals surface area contributed by atoms with Crippen LogP contribution in [0.2, 0.25) is 10.0 Å². The maximum atomic E-state index is 11.0. The maximum Gasteiger partial charge on any atom is 0.303 e. The number of aromatic nitrogens is 1. The standard InChI is InChI=1S/C20H17Cl2NO2/c1-13-15(8-11-20(24)25)12-19(14-6-9-16(21)10-7-14)23(13)18-5-3-2-4-17(18)22/h2-7,9-10,12H,8,11H2,1H3,(H,24,25). The molecular weight excluding hydrogens is 357 g/mol. The fourth-order valence-corrected chi connectivity index (χ4v) is 3.28. The summed E-state index contributed by atoms with van der Waals surface area (Å²) < 4.78 is 2.07. The Morgan fingerprint density at radius 1 is 1.08 bits per heavy atom. The topological polar surface area (TPSA) is 42.2 Å². The van der Waals surface area contributed by atoms with Crippen LogP contribution < -0.4 is 0 Å². The Balaban J connectivity index is 2.18. The Morgan fingerprint density at radius 2 is 1.76 bits per heavy atom. The highest BCUT2D eigenvalue weighted by atomic mass is 35.5. The number of carboxylic acids is 1. The fourth-order valence-electron chi connectivity index (χ4n) is 2.93. The van der Waals surface area contributed by atoms with E-state index in [4.69, 9.17) is 28.3 Å². The molecule has 0 saturated heterocycles. The zero-order valence-electron chi connectivity index (χ0n) is 13.7. The predicted octanol–water partition coefficient (Wildman–Crippen LogP) is 5.78. The minimum Gasteiger partial charge on any atom is -0.481 e. The molecule has 1 heterocycles. The molecule has 1 aromatic heterocycles. The second kappa shape index (κ2) is 7.34. The van der Waals surface area contributed by atoms with E-state index in [9.17, 15) is 4.79 Å². The van der Waals surface area contributed by atoms with Gasteiger partial charge in [0.1, 0.15) is 0 Å². The van der Waals surface area contributed by atoms with Crippen LogP contribution in [0.3, 0.4) is 0 Å².